The number of hydrogen-bond acceptors (Lipinski definition) is 3. The van der Waals surface area contributed by atoms with E-state index in [1.165, 1.54) is 10.6 Å². The van der Waals surface area contributed by atoms with E-state index in [2.05, 4.69) is 0 Å². The van der Waals surface area contributed by atoms with E-state index in [1.807, 2.05) is 50.2 Å². The highest BCUT2D eigenvalue weighted by Crippen LogP contribution is 2.14. The van der Waals surface area contributed by atoms with Crippen LogP contribution in [0.1, 0.15) is 22.8 Å². The van der Waals surface area contributed by atoms with Crippen LogP contribution in [0.4, 0.5) is 5.69 Å². The number of rotatable bonds is 5. The van der Waals surface area contributed by atoms with Gasteiger partial charge in [-0.1, -0.05) is 12.1 Å². The van der Waals surface area contributed by atoms with E-state index in [-0.39, 0.29) is 11.5 Å². The molecule has 0 aliphatic carbocycles. The first-order valence-corrected chi connectivity index (χ1v) is 7.64. The van der Waals surface area contributed by atoms with Gasteiger partial charge in [-0.05, 0) is 30.7 Å². The second-order valence-electron chi connectivity index (χ2n) is 5.74. The second kappa shape index (κ2) is 7.13. The van der Waals surface area contributed by atoms with Gasteiger partial charge in [0.15, 0.2) is 0 Å². The van der Waals surface area contributed by atoms with E-state index < -0.39 is 0 Å². The molecule has 0 aliphatic heterocycles. The van der Waals surface area contributed by atoms with Crippen molar-refractivity contribution in [2.75, 3.05) is 25.5 Å². The quantitative estimate of drug-likeness (QED) is 0.849. The Balaban J connectivity index is 2.16. The van der Waals surface area contributed by atoms with E-state index in [0.29, 0.717) is 18.7 Å². The number of benzene rings is 1. The smallest absolute Gasteiger partial charge is 0.254 e. The summed E-state index contributed by atoms with van der Waals surface area (Å²) in [5, 5.41) is 0. The average Bonchev–Trinajstić information content (AvgIpc) is 2.55. The molecular formula is C18H23N3O2. The van der Waals surface area contributed by atoms with Gasteiger partial charge in [0.25, 0.3) is 11.5 Å². The first-order chi connectivity index (χ1) is 10.9. The average molecular weight is 313 g/mol. The summed E-state index contributed by atoms with van der Waals surface area (Å²) in [6, 6.07) is 11.2. The van der Waals surface area contributed by atoms with Gasteiger partial charge in [-0.25, -0.2) is 0 Å². The predicted molar refractivity (Wildman–Crippen MR) is 92.9 cm³/mol. The fourth-order valence-electron chi connectivity index (χ4n) is 2.31. The maximum absolute atomic E-state index is 12.6. The number of pyridine rings is 1. The molecule has 2 aromatic rings. The Morgan fingerprint density at radius 1 is 1.13 bits per heavy atom. The summed E-state index contributed by atoms with van der Waals surface area (Å²) in [6.07, 6.45) is 1.62. The van der Waals surface area contributed by atoms with Gasteiger partial charge in [0, 0.05) is 57.7 Å². The summed E-state index contributed by atoms with van der Waals surface area (Å²) in [4.78, 5) is 28.1. The Hall–Kier alpha value is -2.56. The van der Waals surface area contributed by atoms with Gasteiger partial charge in [-0.2, -0.15) is 0 Å². The zero-order valence-corrected chi connectivity index (χ0v) is 14.1. The lowest BCUT2D eigenvalue weighted by Crippen LogP contribution is -2.31. The van der Waals surface area contributed by atoms with Crippen molar-refractivity contribution in [1.29, 1.82) is 0 Å². The van der Waals surface area contributed by atoms with Crippen LogP contribution in [-0.2, 0) is 13.6 Å². The van der Waals surface area contributed by atoms with Gasteiger partial charge in [0.2, 0.25) is 0 Å². The zero-order valence-electron chi connectivity index (χ0n) is 14.1. The molecule has 2 rings (SSSR count). The van der Waals surface area contributed by atoms with E-state index in [1.54, 1.807) is 24.2 Å². The lowest BCUT2D eigenvalue weighted by atomic mass is 10.1. The lowest BCUT2D eigenvalue weighted by molar-refractivity contribution is 0.0752. The molecule has 5 nitrogen and oxygen atoms in total. The highest BCUT2D eigenvalue weighted by Gasteiger charge is 2.15. The topological polar surface area (TPSA) is 45.5 Å². The Bertz CT molecular complexity index is 733. The highest BCUT2D eigenvalue weighted by molar-refractivity contribution is 5.94. The number of aryl methyl sites for hydroxylation is 1. The standard InChI is InChI=1S/C18H23N3O2/c1-5-21(13-14-6-8-16(9-7-14)19(2)3)18(23)15-10-11-20(4)17(22)12-15/h6-12H,5,13H2,1-4H3. The molecule has 0 aliphatic rings. The number of nitrogens with zero attached hydrogens (tertiary/aromatic N) is 3. The molecule has 1 aromatic heterocycles. The maximum atomic E-state index is 12.6. The van der Waals surface area contributed by atoms with Crippen molar-refractivity contribution in [3.63, 3.8) is 0 Å². The van der Waals surface area contributed by atoms with E-state index >= 15 is 0 Å². The molecule has 5 heteroatoms. The minimum Gasteiger partial charge on any atom is -0.378 e. The van der Waals surface area contributed by atoms with Gasteiger partial charge in [0.05, 0.1) is 0 Å². The number of hydrogen-bond donors (Lipinski definition) is 0. The van der Waals surface area contributed by atoms with Gasteiger partial charge in [-0.15, -0.1) is 0 Å². The van der Waals surface area contributed by atoms with Crippen LogP contribution in [0.5, 0.6) is 0 Å². The first-order valence-electron chi connectivity index (χ1n) is 7.64. The number of anilines is 1. The molecular weight excluding hydrogens is 290 g/mol. The molecule has 1 amide bonds. The number of aromatic nitrogens is 1. The largest absolute Gasteiger partial charge is 0.378 e. The minimum atomic E-state index is -0.178. The Kier molecular flexibility index (Phi) is 5.21. The van der Waals surface area contributed by atoms with Crippen LogP contribution in [0, 0.1) is 0 Å². The fourth-order valence-corrected chi connectivity index (χ4v) is 2.31. The van der Waals surface area contributed by atoms with Gasteiger partial charge >= 0.3 is 0 Å². The van der Waals surface area contributed by atoms with E-state index in [4.69, 9.17) is 0 Å². The van der Waals surface area contributed by atoms with Crippen LogP contribution in [0.2, 0.25) is 0 Å². The van der Waals surface area contributed by atoms with Gasteiger partial charge < -0.3 is 14.4 Å². The summed E-state index contributed by atoms with van der Waals surface area (Å²) in [5.41, 5.74) is 2.44. The molecule has 1 aromatic carbocycles. The van der Waals surface area contributed by atoms with Crippen molar-refractivity contribution in [3.8, 4) is 0 Å². The van der Waals surface area contributed by atoms with Crippen LogP contribution < -0.4 is 10.5 Å². The van der Waals surface area contributed by atoms with Crippen LogP contribution in [-0.4, -0.2) is 36.0 Å². The molecule has 0 fully saturated rings. The normalized spacial score (nSPS) is 10.4. The molecule has 1 heterocycles. The van der Waals surface area contributed by atoms with Crippen molar-refractivity contribution in [2.24, 2.45) is 7.05 Å². The SMILES string of the molecule is CCN(Cc1ccc(N(C)C)cc1)C(=O)c1ccn(C)c(=O)c1. The maximum Gasteiger partial charge on any atom is 0.254 e. The molecule has 0 saturated heterocycles. The predicted octanol–water partition coefficient (Wildman–Crippen LogP) is 2.11. The summed E-state index contributed by atoms with van der Waals surface area (Å²) in [7, 11) is 5.65. The Morgan fingerprint density at radius 3 is 2.30 bits per heavy atom. The molecule has 23 heavy (non-hydrogen) atoms. The van der Waals surface area contributed by atoms with Crippen molar-refractivity contribution >= 4 is 11.6 Å². The lowest BCUT2D eigenvalue weighted by Gasteiger charge is -2.21. The van der Waals surface area contributed by atoms with E-state index in [9.17, 15) is 9.59 Å². The summed E-state index contributed by atoms with van der Waals surface area (Å²) >= 11 is 0. The Labute approximate surface area is 136 Å². The van der Waals surface area contributed by atoms with Crippen LogP contribution >= 0.6 is 0 Å². The second-order valence-corrected chi connectivity index (χ2v) is 5.74. The summed E-state index contributed by atoms with van der Waals surface area (Å²) in [6.45, 7) is 3.05. The highest BCUT2D eigenvalue weighted by atomic mass is 16.2. The molecule has 0 N–H and O–H groups in total. The molecule has 0 saturated carbocycles. The molecule has 0 radical (unpaired) electrons. The van der Waals surface area contributed by atoms with Crippen LogP contribution in [0.15, 0.2) is 47.4 Å². The Morgan fingerprint density at radius 2 is 1.78 bits per heavy atom. The van der Waals surface area contributed by atoms with Crippen LogP contribution in [0.25, 0.3) is 0 Å². The van der Waals surface area contributed by atoms with E-state index in [0.717, 1.165) is 11.3 Å². The molecule has 0 bridgehead atoms. The third-order valence-electron chi connectivity index (χ3n) is 3.85. The summed E-state index contributed by atoms with van der Waals surface area (Å²) < 4.78 is 1.45. The van der Waals surface area contributed by atoms with Gasteiger partial charge in [-0.3, -0.25) is 9.59 Å². The first kappa shape index (κ1) is 16.8. The fraction of sp³-hybridized carbons (Fsp3) is 0.333. The minimum absolute atomic E-state index is 0.123. The van der Waals surface area contributed by atoms with Crippen molar-refractivity contribution in [1.82, 2.24) is 9.47 Å². The molecule has 0 spiro atoms. The zero-order chi connectivity index (χ0) is 17.0. The number of carbonyl (C=O) groups excluding carboxylic acids is 1. The number of amides is 1. The molecule has 0 unspecified atom stereocenters. The van der Waals surface area contributed by atoms with Crippen molar-refractivity contribution < 1.29 is 4.79 Å². The number of carbonyl (C=O) groups is 1. The molecule has 0 atom stereocenters. The van der Waals surface area contributed by atoms with Crippen molar-refractivity contribution in [2.45, 2.75) is 13.5 Å². The molecule has 122 valence electrons. The third-order valence-corrected chi connectivity index (χ3v) is 3.85. The van der Waals surface area contributed by atoms with Gasteiger partial charge in [0.1, 0.15) is 0 Å². The third kappa shape index (κ3) is 4.00. The summed E-state index contributed by atoms with van der Waals surface area (Å²) in [5.74, 6) is -0.123. The van der Waals surface area contributed by atoms with Crippen molar-refractivity contribution in [3.05, 3.63) is 64.1 Å². The van der Waals surface area contributed by atoms with Crippen LogP contribution in [0.3, 0.4) is 0 Å². The monoisotopic (exact) mass is 313 g/mol.